The first-order valence-electron chi connectivity index (χ1n) is 7.13. The molecule has 1 aromatic heterocycles. The molecule has 106 valence electrons. The lowest BCUT2D eigenvalue weighted by Gasteiger charge is -2.11. The number of aromatic nitrogens is 1. The number of rotatable bonds is 4. The highest BCUT2D eigenvalue weighted by Crippen LogP contribution is 2.11. The van der Waals surface area contributed by atoms with E-state index >= 15 is 0 Å². The van der Waals surface area contributed by atoms with E-state index in [0.29, 0.717) is 6.54 Å². The van der Waals surface area contributed by atoms with Crippen LogP contribution < -0.4 is 10.9 Å². The van der Waals surface area contributed by atoms with Gasteiger partial charge in [-0.15, -0.1) is 0 Å². The maximum Gasteiger partial charge on any atom is 0.251 e. The fourth-order valence-corrected chi connectivity index (χ4v) is 2.46. The quantitative estimate of drug-likeness (QED) is 0.793. The van der Waals surface area contributed by atoms with Gasteiger partial charge in [0, 0.05) is 24.8 Å². The van der Waals surface area contributed by atoms with Gasteiger partial charge in [0.15, 0.2) is 0 Å². The number of fused-ring (bicyclic) bond motifs is 1. The minimum atomic E-state index is 0.0411. The highest BCUT2D eigenvalue weighted by molar-refractivity contribution is 5.78. The van der Waals surface area contributed by atoms with Crippen LogP contribution in [0.25, 0.3) is 10.9 Å². The second kappa shape index (κ2) is 5.83. The summed E-state index contributed by atoms with van der Waals surface area (Å²) in [6.45, 7) is 3.44. The van der Waals surface area contributed by atoms with Crippen molar-refractivity contribution in [3.63, 3.8) is 0 Å². The lowest BCUT2D eigenvalue weighted by atomic mass is 10.2. The third kappa shape index (κ3) is 2.97. The second-order valence-electron chi connectivity index (χ2n) is 5.17. The fourth-order valence-electron chi connectivity index (χ4n) is 2.46. The number of anilines is 1. The van der Waals surface area contributed by atoms with Crippen LogP contribution in [0.15, 0.2) is 65.5 Å². The Labute approximate surface area is 123 Å². The van der Waals surface area contributed by atoms with E-state index in [4.69, 9.17) is 0 Å². The van der Waals surface area contributed by atoms with Crippen molar-refractivity contribution in [2.45, 2.75) is 13.5 Å². The van der Waals surface area contributed by atoms with E-state index in [2.05, 4.69) is 36.5 Å². The Kier molecular flexibility index (Phi) is 3.73. The number of nitrogens with one attached hydrogen (secondary N) is 1. The Hall–Kier alpha value is -2.55. The van der Waals surface area contributed by atoms with E-state index in [0.717, 1.165) is 23.1 Å². The molecule has 3 aromatic rings. The van der Waals surface area contributed by atoms with Gasteiger partial charge in [-0.2, -0.15) is 0 Å². The van der Waals surface area contributed by atoms with Gasteiger partial charge in [-0.05, 0) is 36.6 Å². The standard InChI is InChI=1S/C18H18N2O/c1-14-6-9-16(10-7-14)19-12-13-20-17-5-3-2-4-15(17)8-11-18(20)21/h2-11,19H,12-13H2,1H3. The van der Waals surface area contributed by atoms with Gasteiger partial charge in [-0.3, -0.25) is 4.79 Å². The Morgan fingerprint density at radius 2 is 1.71 bits per heavy atom. The first kappa shape index (κ1) is 13.4. The van der Waals surface area contributed by atoms with Crippen LogP contribution in [0.3, 0.4) is 0 Å². The Bertz CT molecular complexity index is 803. The summed E-state index contributed by atoms with van der Waals surface area (Å²) in [6.07, 6.45) is 0. The average molecular weight is 278 g/mol. The molecule has 0 bridgehead atoms. The lowest BCUT2D eigenvalue weighted by Crippen LogP contribution is -2.23. The fraction of sp³-hybridized carbons (Fsp3) is 0.167. The van der Waals surface area contributed by atoms with Crippen LogP contribution in [0.2, 0.25) is 0 Å². The minimum absolute atomic E-state index is 0.0411. The zero-order chi connectivity index (χ0) is 14.7. The number of hydrogen-bond acceptors (Lipinski definition) is 2. The minimum Gasteiger partial charge on any atom is -0.383 e. The molecule has 0 atom stereocenters. The molecule has 3 rings (SSSR count). The molecular weight excluding hydrogens is 260 g/mol. The molecule has 0 aliphatic heterocycles. The summed E-state index contributed by atoms with van der Waals surface area (Å²) in [4.78, 5) is 12.1. The van der Waals surface area contributed by atoms with Crippen molar-refractivity contribution in [1.29, 1.82) is 0 Å². The molecule has 21 heavy (non-hydrogen) atoms. The zero-order valence-corrected chi connectivity index (χ0v) is 12.0. The van der Waals surface area contributed by atoms with Gasteiger partial charge in [-0.1, -0.05) is 35.9 Å². The molecule has 0 amide bonds. The Balaban J connectivity index is 1.77. The first-order chi connectivity index (χ1) is 10.2. The van der Waals surface area contributed by atoms with Crippen molar-refractivity contribution < 1.29 is 0 Å². The molecule has 3 heteroatoms. The molecule has 0 aliphatic rings. The largest absolute Gasteiger partial charge is 0.383 e. The lowest BCUT2D eigenvalue weighted by molar-refractivity contribution is 0.726. The number of aryl methyl sites for hydroxylation is 1. The van der Waals surface area contributed by atoms with Gasteiger partial charge in [-0.25, -0.2) is 0 Å². The van der Waals surface area contributed by atoms with Crippen LogP contribution in [0.4, 0.5) is 5.69 Å². The van der Waals surface area contributed by atoms with E-state index < -0.39 is 0 Å². The van der Waals surface area contributed by atoms with Crippen LogP contribution in [-0.4, -0.2) is 11.1 Å². The number of para-hydroxylation sites is 1. The Morgan fingerprint density at radius 3 is 2.52 bits per heavy atom. The summed E-state index contributed by atoms with van der Waals surface area (Å²) < 4.78 is 1.82. The van der Waals surface area contributed by atoms with Crippen LogP contribution in [0, 0.1) is 6.92 Å². The summed E-state index contributed by atoms with van der Waals surface area (Å²) in [5.41, 5.74) is 3.34. The molecule has 1 heterocycles. The number of pyridine rings is 1. The summed E-state index contributed by atoms with van der Waals surface area (Å²) >= 11 is 0. The van der Waals surface area contributed by atoms with Crippen LogP contribution >= 0.6 is 0 Å². The summed E-state index contributed by atoms with van der Waals surface area (Å²) in [5.74, 6) is 0. The van der Waals surface area contributed by atoms with Crippen molar-refractivity contribution in [3.05, 3.63) is 76.6 Å². The van der Waals surface area contributed by atoms with Crippen molar-refractivity contribution >= 4 is 16.6 Å². The van der Waals surface area contributed by atoms with Crippen molar-refractivity contribution in [2.24, 2.45) is 0 Å². The van der Waals surface area contributed by atoms with Gasteiger partial charge in [0.05, 0.1) is 5.52 Å². The maximum absolute atomic E-state index is 12.1. The van der Waals surface area contributed by atoms with E-state index in [1.165, 1.54) is 5.56 Å². The van der Waals surface area contributed by atoms with Crippen molar-refractivity contribution in [1.82, 2.24) is 4.57 Å². The van der Waals surface area contributed by atoms with E-state index in [1.807, 2.05) is 34.9 Å². The topological polar surface area (TPSA) is 34.0 Å². The van der Waals surface area contributed by atoms with Gasteiger partial charge >= 0.3 is 0 Å². The molecule has 3 nitrogen and oxygen atoms in total. The van der Waals surface area contributed by atoms with Gasteiger partial charge in [0.1, 0.15) is 0 Å². The molecule has 0 spiro atoms. The van der Waals surface area contributed by atoms with Gasteiger partial charge < -0.3 is 9.88 Å². The van der Waals surface area contributed by atoms with Crippen LogP contribution in [0.5, 0.6) is 0 Å². The molecule has 0 saturated carbocycles. The molecule has 2 aromatic carbocycles. The number of hydrogen-bond donors (Lipinski definition) is 1. The van der Waals surface area contributed by atoms with Crippen molar-refractivity contribution in [2.75, 3.05) is 11.9 Å². The molecule has 0 fully saturated rings. The number of benzene rings is 2. The smallest absolute Gasteiger partial charge is 0.251 e. The van der Waals surface area contributed by atoms with Crippen molar-refractivity contribution in [3.8, 4) is 0 Å². The molecule has 0 saturated heterocycles. The van der Waals surface area contributed by atoms with Gasteiger partial charge in [0.25, 0.3) is 5.56 Å². The number of nitrogens with zero attached hydrogens (tertiary/aromatic N) is 1. The first-order valence-corrected chi connectivity index (χ1v) is 7.13. The Morgan fingerprint density at radius 1 is 0.952 bits per heavy atom. The summed E-state index contributed by atoms with van der Waals surface area (Å²) in [5, 5.41) is 4.44. The summed E-state index contributed by atoms with van der Waals surface area (Å²) in [7, 11) is 0. The van der Waals surface area contributed by atoms with Gasteiger partial charge in [0.2, 0.25) is 0 Å². The predicted molar refractivity (Wildman–Crippen MR) is 87.9 cm³/mol. The third-order valence-corrected chi connectivity index (χ3v) is 3.62. The SMILES string of the molecule is Cc1ccc(NCCn2c(=O)ccc3ccccc32)cc1. The second-order valence-corrected chi connectivity index (χ2v) is 5.17. The monoisotopic (exact) mass is 278 g/mol. The zero-order valence-electron chi connectivity index (χ0n) is 12.0. The molecule has 0 radical (unpaired) electrons. The predicted octanol–water partition coefficient (Wildman–Crippen LogP) is 3.42. The maximum atomic E-state index is 12.1. The summed E-state index contributed by atoms with van der Waals surface area (Å²) in [6, 6.07) is 19.7. The normalized spacial score (nSPS) is 10.7. The van der Waals surface area contributed by atoms with Crippen LogP contribution in [-0.2, 0) is 6.54 Å². The van der Waals surface area contributed by atoms with E-state index in [1.54, 1.807) is 6.07 Å². The van der Waals surface area contributed by atoms with E-state index in [9.17, 15) is 4.79 Å². The van der Waals surface area contributed by atoms with Crippen LogP contribution in [0.1, 0.15) is 5.56 Å². The highest BCUT2D eigenvalue weighted by Gasteiger charge is 2.02. The molecule has 0 aliphatic carbocycles. The van der Waals surface area contributed by atoms with E-state index in [-0.39, 0.29) is 5.56 Å². The average Bonchev–Trinajstić information content (AvgIpc) is 2.51. The molecule has 1 N–H and O–H groups in total. The third-order valence-electron chi connectivity index (χ3n) is 3.62. The molecule has 0 unspecified atom stereocenters. The highest BCUT2D eigenvalue weighted by atomic mass is 16.1. The molecular formula is C18H18N2O.